The Kier molecular flexibility index (Phi) is 10.8. The van der Waals surface area contributed by atoms with E-state index in [4.69, 9.17) is 33.1 Å². The van der Waals surface area contributed by atoms with Crippen LogP contribution in [0.25, 0.3) is 0 Å². The van der Waals surface area contributed by atoms with Crippen LogP contribution in [0.3, 0.4) is 0 Å². The highest BCUT2D eigenvalue weighted by molar-refractivity contribution is 7.89. The van der Waals surface area contributed by atoms with Crippen LogP contribution in [0, 0.1) is 11.6 Å². The van der Waals surface area contributed by atoms with Gasteiger partial charge in [-0.2, -0.15) is 4.31 Å². The maximum atomic E-state index is 14.7. The van der Waals surface area contributed by atoms with Crippen LogP contribution in [0.15, 0.2) is 41.3 Å². The highest BCUT2D eigenvalue weighted by Gasteiger charge is 2.30. The number of aliphatic hydroxyl groups excluding tert-OH is 1. The van der Waals surface area contributed by atoms with Crippen molar-refractivity contribution in [1.82, 2.24) is 20.0 Å². The molecular weight excluding hydrogens is 549 g/mol. The molecule has 2 aromatic rings. The number of nitrogens with one attached hydrogen (secondary N) is 2. The summed E-state index contributed by atoms with van der Waals surface area (Å²) >= 11 is 11.1. The van der Waals surface area contributed by atoms with E-state index in [9.17, 15) is 31.9 Å². The molecule has 198 valence electrons. The first-order valence-electron chi connectivity index (χ1n) is 9.98. The van der Waals surface area contributed by atoms with Crippen molar-refractivity contribution in [2.45, 2.75) is 11.2 Å². The molecule has 0 heterocycles. The molecule has 1 unspecified atom stereocenters. The fraction of sp³-hybridized carbons (Fsp3) is 0.300. The number of benzene rings is 2. The number of aliphatic hydroxyl groups is 1. The summed E-state index contributed by atoms with van der Waals surface area (Å²) in [6, 6.07) is 6.55. The summed E-state index contributed by atoms with van der Waals surface area (Å²) in [6.45, 7) is -1.68. The summed E-state index contributed by atoms with van der Waals surface area (Å²) in [5.41, 5.74) is 1.27. The lowest BCUT2D eigenvalue weighted by Crippen LogP contribution is -2.50. The van der Waals surface area contributed by atoms with Gasteiger partial charge in [0.15, 0.2) is 23.7 Å². The maximum absolute atomic E-state index is 14.7. The van der Waals surface area contributed by atoms with Crippen LogP contribution >= 0.6 is 23.2 Å². The molecule has 0 bridgehead atoms. The van der Waals surface area contributed by atoms with Crippen molar-refractivity contribution in [1.29, 1.82) is 0 Å². The van der Waals surface area contributed by atoms with Crippen LogP contribution in [-0.4, -0.2) is 78.7 Å². The molecule has 36 heavy (non-hydrogen) atoms. The molecule has 0 aliphatic rings. The zero-order valence-corrected chi connectivity index (χ0v) is 20.9. The molecule has 0 saturated carbocycles. The van der Waals surface area contributed by atoms with Gasteiger partial charge in [0.05, 0.1) is 11.4 Å². The summed E-state index contributed by atoms with van der Waals surface area (Å²) in [5.74, 6) is -5.78. The Morgan fingerprint density at radius 1 is 1.11 bits per heavy atom. The van der Waals surface area contributed by atoms with Gasteiger partial charge in [-0.1, -0.05) is 11.6 Å². The van der Waals surface area contributed by atoms with Crippen LogP contribution in [0.4, 0.5) is 8.78 Å². The van der Waals surface area contributed by atoms with E-state index >= 15 is 0 Å². The van der Waals surface area contributed by atoms with Crippen LogP contribution in [0.2, 0.25) is 5.02 Å². The van der Waals surface area contributed by atoms with Gasteiger partial charge in [-0.15, -0.1) is 11.6 Å². The largest absolute Gasteiger partial charge is 0.451 e. The van der Waals surface area contributed by atoms with Gasteiger partial charge in [-0.3, -0.25) is 19.7 Å². The van der Waals surface area contributed by atoms with Crippen molar-refractivity contribution < 1.29 is 41.8 Å². The fourth-order valence-corrected chi connectivity index (χ4v) is 4.33. The Balaban J connectivity index is 2.29. The van der Waals surface area contributed by atoms with Gasteiger partial charge in [0.25, 0.3) is 5.91 Å². The number of halogens is 4. The zero-order chi connectivity index (χ0) is 27.0. The number of ether oxygens (including phenoxy) is 1. The van der Waals surface area contributed by atoms with E-state index in [1.807, 2.05) is 0 Å². The number of rotatable bonds is 12. The van der Waals surface area contributed by atoms with Gasteiger partial charge in [-0.05, 0) is 43.4 Å². The van der Waals surface area contributed by atoms with Crippen molar-refractivity contribution in [3.63, 3.8) is 0 Å². The Morgan fingerprint density at radius 2 is 1.69 bits per heavy atom. The minimum Gasteiger partial charge on any atom is -0.451 e. The average Bonchev–Trinajstić information content (AvgIpc) is 2.84. The first-order chi connectivity index (χ1) is 16.9. The van der Waals surface area contributed by atoms with Gasteiger partial charge < -0.3 is 15.2 Å². The van der Waals surface area contributed by atoms with E-state index in [1.54, 1.807) is 0 Å². The quantitative estimate of drug-likeness (QED) is 0.130. The Hall–Kier alpha value is -2.59. The van der Waals surface area contributed by atoms with Crippen molar-refractivity contribution >= 4 is 45.0 Å². The molecule has 0 spiro atoms. The lowest BCUT2D eigenvalue weighted by Gasteiger charge is -2.27. The second-order valence-electron chi connectivity index (χ2n) is 7.20. The molecule has 0 fully saturated rings. The number of hydrogen-bond acceptors (Lipinski definition) is 8. The highest BCUT2D eigenvalue weighted by atomic mass is 35.5. The Labute approximate surface area is 215 Å². The lowest BCUT2D eigenvalue weighted by molar-refractivity contribution is -0.129. The zero-order valence-electron chi connectivity index (χ0n) is 18.6. The first kappa shape index (κ1) is 29.6. The van der Waals surface area contributed by atoms with Crippen molar-refractivity contribution in [3.05, 3.63) is 53.1 Å². The van der Waals surface area contributed by atoms with Gasteiger partial charge in [0, 0.05) is 18.1 Å². The second kappa shape index (κ2) is 13.1. The van der Waals surface area contributed by atoms with Crippen LogP contribution in [0.1, 0.15) is 0 Å². The molecule has 0 aromatic heterocycles. The summed E-state index contributed by atoms with van der Waals surface area (Å²) in [5, 5.41) is 21.2. The van der Waals surface area contributed by atoms with Crippen LogP contribution < -0.4 is 15.5 Å². The van der Waals surface area contributed by atoms with Crippen LogP contribution in [-0.2, 0) is 19.6 Å². The highest BCUT2D eigenvalue weighted by Crippen LogP contribution is 2.31. The second-order valence-corrected chi connectivity index (χ2v) is 9.84. The third kappa shape index (κ3) is 7.96. The topological polar surface area (TPSA) is 149 Å². The van der Waals surface area contributed by atoms with E-state index in [2.05, 4.69) is 5.32 Å². The molecule has 11 nitrogen and oxygen atoms in total. The van der Waals surface area contributed by atoms with Crippen molar-refractivity contribution in [2.24, 2.45) is 0 Å². The molecule has 0 radical (unpaired) electrons. The number of hydrogen-bond donors (Lipinski definition) is 4. The van der Waals surface area contributed by atoms with Crippen molar-refractivity contribution in [3.8, 4) is 11.5 Å². The summed E-state index contributed by atoms with van der Waals surface area (Å²) < 4.78 is 61.3. The summed E-state index contributed by atoms with van der Waals surface area (Å²) in [7, 11) is -3.39. The molecule has 0 saturated heterocycles. The average molecular weight is 571 g/mol. The SMILES string of the molecule is CN(CCN(CC(=O)NO)S(=O)(=O)c1cc(F)c(Oc2ccc(Cl)cc2)c(F)c1)C(O)NC(=O)CCl. The summed E-state index contributed by atoms with van der Waals surface area (Å²) in [4.78, 5) is 23.3. The lowest BCUT2D eigenvalue weighted by atomic mass is 10.3. The van der Waals surface area contributed by atoms with Crippen LogP contribution in [0.5, 0.6) is 11.5 Å². The maximum Gasteiger partial charge on any atom is 0.258 e. The van der Waals surface area contributed by atoms with E-state index in [-0.39, 0.29) is 12.3 Å². The first-order valence-corrected chi connectivity index (χ1v) is 12.3. The molecular formula is C20H22Cl2F2N4O7S. The Morgan fingerprint density at radius 3 is 2.22 bits per heavy atom. The van der Waals surface area contributed by atoms with E-state index in [0.717, 1.165) is 4.90 Å². The molecule has 1 atom stereocenters. The smallest absolute Gasteiger partial charge is 0.258 e. The molecule has 0 aliphatic heterocycles. The predicted octanol–water partition coefficient (Wildman–Crippen LogP) is 1.47. The number of carbonyl (C=O) groups excluding carboxylic acids is 2. The number of sulfonamides is 1. The predicted molar refractivity (Wildman–Crippen MR) is 124 cm³/mol. The number of amides is 2. The molecule has 2 rings (SSSR count). The van der Waals surface area contributed by atoms with E-state index in [0.29, 0.717) is 21.5 Å². The van der Waals surface area contributed by atoms with E-state index in [1.165, 1.54) is 36.8 Å². The van der Waals surface area contributed by atoms with E-state index < -0.39 is 69.4 Å². The van der Waals surface area contributed by atoms with Gasteiger partial charge in [0.1, 0.15) is 11.6 Å². The number of nitrogens with zero attached hydrogens (tertiary/aromatic N) is 2. The van der Waals surface area contributed by atoms with Gasteiger partial charge in [0.2, 0.25) is 15.9 Å². The van der Waals surface area contributed by atoms with Gasteiger partial charge in [-0.25, -0.2) is 22.7 Å². The number of carbonyl (C=O) groups is 2. The molecule has 0 aliphatic carbocycles. The minimum atomic E-state index is -4.70. The third-order valence-electron chi connectivity index (χ3n) is 4.62. The normalized spacial score (nSPS) is 12.5. The monoisotopic (exact) mass is 570 g/mol. The van der Waals surface area contributed by atoms with Gasteiger partial charge >= 0.3 is 0 Å². The minimum absolute atomic E-state index is 0.0388. The number of alkyl halides is 1. The Bertz CT molecular complexity index is 1170. The molecule has 4 N–H and O–H groups in total. The molecule has 16 heteroatoms. The molecule has 2 amide bonds. The number of likely N-dealkylation sites (N-methyl/N-ethyl adjacent to an activating group) is 1. The standard InChI is InChI=1S/C20H22Cl2F2N4O7S/c1-27(20(31)25-17(29)10-21)6-7-28(11-18(30)26-32)36(33,34)14-8-15(23)19(16(24)9-14)35-13-4-2-12(22)3-5-13/h2-5,8-9,20,31-32H,6-7,10-11H2,1H3,(H,25,29)(H,26,30). The third-order valence-corrected chi connectivity index (χ3v) is 6.94. The number of hydroxylamine groups is 1. The molecule has 2 aromatic carbocycles. The van der Waals surface area contributed by atoms with Crippen molar-refractivity contribution in [2.75, 3.05) is 32.6 Å². The fourth-order valence-electron chi connectivity index (χ4n) is 2.72. The summed E-state index contributed by atoms with van der Waals surface area (Å²) in [6.07, 6.45) is -1.55.